The van der Waals surface area contributed by atoms with Crippen LogP contribution in [0.4, 0.5) is 0 Å². The van der Waals surface area contributed by atoms with Crippen LogP contribution in [0.2, 0.25) is 0 Å². The molecule has 8 heteroatoms. The van der Waals surface area contributed by atoms with E-state index >= 15 is 0 Å². The van der Waals surface area contributed by atoms with Gasteiger partial charge in [0, 0.05) is 31.2 Å². The molecule has 2 aliphatic rings. The first-order valence-corrected chi connectivity index (χ1v) is 10.5. The Hall–Kier alpha value is -1.64. The van der Waals surface area contributed by atoms with Gasteiger partial charge in [0.1, 0.15) is 10.6 Å². The predicted molar refractivity (Wildman–Crippen MR) is 98.6 cm³/mol. The van der Waals surface area contributed by atoms with Crippen LogP contribution < -0.4 is 10.5 Å². The standard InChI is InChI=1S/C18H27N3O4S/c1-13-9-14(11-19)12-21(13)18(22)15-5-6-16(25-2)17(10-15)26(23,24)20-7-3-4-8-20/h5-6,10,13-14H,3-4,7-9,11-12,19H2,1-2H3. The maximum absolute atomic E-state index is 13.0. The molecule has 0 spiro atoms. The van der Waals surface area contributed by atoms with E-state index < -0.39 is 10.0 Å². The number of hydrogen-bond donors (Lipinski definition) is 1. The fourth-order valence-corrected chi connectivity index (χ4v) is 5.54. The lowest BCUT2D eigenvalue weighted by Gasteiger charge is -2.23. The number of amides is 1. The van der Waals surface area contributed by atoms with Crippen LogP contribution in [0.25, 0.3) is 0 Å². The van der Waals surface area contributed by atoms with Crippen molar-refractivity contribution in [3.05, 3.63) is 23.8 Å². The zero-order valence-corrected chi connectivity index (χ0v) is 16.2. The summed E-state index contributed by atoms with van der Waals surface area (Å²) >= 11 is 0. The summed E-state index contributed by atoms with van der Waals surface area (Å²) in [7, 11) is -2.23. The Bertz CT molecular complexity index is 775. The van der Waals surface area contributed by atoms with E-state index in [4.69, 9.17) is 10.5 Å². The third-order valence-electron chi connectivity index (χ3n) is 5.35. The SMILES string of the molecule is COc1ccc(C(=O)N2CC(CN)CC2C)cc1S(=O)(=O)N1CCCC1. The number of likely N-dealkylation sites (tertiary alicyclic amines) is 1. The van der Waals surface area contributed by atoms with Crippen molar-refractivity contribution in [1.82, 2.24) is 9.21 Å². The fourth-order valence-electron chi connectivity index (χ4n) is 3.84. The number of benzene rings is 1. The van der Waals surface area contributed by atoms with Crippen LogP contribution >= 0.6 is 0 Å². The van der Waals surface area contributed by atoms with Crippen molar-refractivity contribution in [3.63, 3.8) is 0 Å². The summed E-state index contributed by atoms with van der Waals surface area (Å²) in [6.45, 7) is 4.16. The number of nitrogens with two attached hydrogens (primary N) is 1. The van der Waals surface area contributed by atoms with E-state index in [9.17, 15) is 13.2 Å². The van der Waals surface area contributed by atoms with Crippen LogP contribution in [0.1, 0.15) is 36.5 Å². The summed E-state index contributed by atoms with van der Waals surface area (Å²) < 4.78 is 32.7. The minimum absolute atomic E-state index is 0.0648. The van der Waals surface area contributed by atoms with Crippen molar-refractivity contribution >= 4 is 15.9 Å². The molecule has 2 heterocycles. The highest BCUT2D eigenvalue weighted by molar-refractivity contribution is 7.89. The van der Waals surface area contributed by atoms with Gasteiger partial charge in [-0.3, -0.25) is 4.79 Å². The molecule has 2 saturated heterocycles. The van der Waals surface area contributed by atoms with E-state index in [0.717, 1.165) is 19.3 Å². The molecule has 144 valence electrons. The molecule has 1 aromatic rings. The van der Waals surface area contributed by atoms with Crippen molar-refractivity contribution in [3.8, 4) is 5.75 Å². The molecule has 0 aromatic heterocycles. The van der Waals surface area contributed by atoms with Crippen molar-refractivity contribution in [2.75, 3.05) is 33.3 Å². The van der Waals surface area contributed by atoms with Crippen LogP contribution in [0.5, 0.6) is 5.75 Å². The number of sulfonamides is 1. The average molecular weight is 381 g/mol. The number of nitrogens with zero attached hydrogens (tertiary/aromatic N) is 2. The van der Waals surface area contributed by atoms with Gasteiger partial charge in [-0.2, -0.15) is 4.31 Å². The Morgan fingerprint density at radius 2 is 2.00 bits per heavy atom. The summed E-state index contributed by atoms with van der Waals surface area (Å²) in [5.41, 5.74) is 6.12. The Morgan fingerprint density at radius 1 is 1.31 bits per heavy atom. The molecule has 2 atom stereocenters. The molecule has 7 nitrogen and oxygen atoms in total. The van der Waals surface area contributed by atoms with Crippen molar-refractivity contribution in [1.29, 1.82) is 0 Å². The second kappa shape index (κ2) is 7.54. The average Bonchev–Trinajstić information content (AvgIpc) is 3.30. The molecule has 2 fully saturated rings. The lowest BCUT2D eigenvalue weighted by molar-refractivity contribution is 0.0743. The minimum Gasteiger partial charge on any atom is -0.495 e. The zero-order valence-electron chi connectivity index (χ0n) is 15.3. The van der Waals surface area contributed by atoms with E-state index in [2.05, 4.69) is 0 Å². The topological polar surface area (TPSA) is 92.9 Å². The second-order valence-corrected chi connectivity index (χ2v) is 9.03. The van der Waals surface area contributed by atoms with E-state index in [1.54, 1.807) is 17.0 Å². The normalized spacial score (nSPS) is 24.2. The molecule has 0 radical (unpaired) electrons. The summed E-state index contributed by atoms with van der Waals surface area (Å²) in [6.07, 6.45) is 2.58. The highest BCUT2D eigenvalue weighted by atomic mass is 32.2. The monoisotopic (exact) mass is 381 g/mol. The van der Waals surface area contributed by atoms with Crippen LogP contribution in [-0.2, 0) is 10.0 Å². The third-order valence-corrected chi connectivity index (χ3v) is 7.27. The van der Waals surface area contributed by atoms with Gasteiger partial charge in [0.15, 0.2) is 0 Å². The molecule has 2 N–H and O–H groups in total. The summed E-state index contributed by atoms with van der Waals surface area (Å²) in [5.74, 6) is 0.400. The maximum atomic E-state index is 13.0. The molecule has 26 heavy (non-hydrogen) atoms. The molecule has 3 rings (SSSR count). The molecular formula is C18H27N3O4S. The number of methoxy groups -OCH3 is 1. The zero-order chi connectivity index (χ0) is 18.9. The number of carbonyl (C=O) groups is 1. The van der Waals surface area contributed by atoms with Crippen LogP contribution in [-0.4, -0.2) is 62.9 Å². The molecule has 0 aliphatic carbocycles. The van der Waals surface area contributed by atoms with Crippen LogP contribution in [0.3, 0.4) is 0 Å². The highest BCUT2D eigenvalue weighted by Crippen LogP contribution is 2.31. The third kappa shape index (κ3) is 3.45. The molecule has 2 aliphatic heterocycles. The lowest BCUT2D eigenvalue weighted by Crippen LogP contribution is -2.34. The van der Waals surface area contributed by atoms with Gasteiger partial charge in [-0.25, -0.2) is 8.42 Å². The van der Waals surface area contributed by atoms with Gasteiger partial charge in [0.25, 0.3) is 5.91 Å². The first-order valence-electron chi connectivity index (χ1n) is 9.07. The van der Waals surface area contributed by atoms with Gasteiger partial charge in [0.05, 0.1) is 7.11 Å². The van der Waals surface area contributed by atoms with Gasteiger partial charge in [-0.05, 0) is 56.8 Å². The van der Waals surface area contributed by atoms with Gasteiger partial charge < -0.3 is 15.4 Å². The lowest BCUT2D eigenvalue weighted by atomic mass is 10.1. The summed E-state index contributed by atoms with van der Waals surface area (Å²) in [4.78, 5) is 14.8. The van der Waals surface area contributed by atoms with Gasteiger partial charge in [-0.15, -0.1) is 0 Å². The van der Waals surface area contributed by atoms with E-state index in [1.165, 1.54) is 17.5 Å². The van der Waals surface area contributed by atoms with Crippen LogP contribution in [0.15, 0.2) is 23.1 Å². The van der Waals surface area contributed by atoms with Crippen LogP contribution in [0, 0.1) is 5.92 Å². The number of carbonyl (C=O) groups excluding carboxylic acids is 1. The number of rotatable bonds is 5. The molecule has 0 saturated carbocycles. The van der Waals surface area contributed by atoms with Gasteiger partial charge >= 0.3 is 0 Å². The molecule has 1 amide bonds. The van der Waals surface area contributed by atoms with E-state index in [1.807, 2.05) is 6.92 Å². The Morgan fingerprint density at radius 3 is 2.58 bits per heavy atom. The Balaban J connectivity index is 1.94. The first kappa shape index (κ1) is 19.1. The van der Waals surface area contributed by atoms with Crippen molar-refractivity contribution < 1.29 is 17.9 Å². The van der Waals surface area contributed by atoms with Crippen molar-refractivity contribution in [2.45, 2.75) is 37.1 Å². The maximum Gasteiger partial charge on any atom is 0.254 e. The molecule has 2 unspecified atom stereocenters. The fraction of sp³-hybridized carbons (Fsp3) is 0.611. The first-order chi connectivity index (χ1) is 12.4. The molecule has 1 aromatic carbocycles. The largest absolute Gasteiger partial charge is 0.495 e. The Kier molecular flexibility index (Phi) is 5.55. The predicted octanol–water partition coefficient (Wildman–Crippen LogP) is 1.29. The molecular weight excluding hydrogens is 354 g/mol. The summed E-state index contributed by atoms with van der Waals surface area (Å²) in [6, 6.07) is 4.75. The Labute approximate surface area is 155 Å². The highest BCUT2D eigenvalue weighted by Gasteiger charge is 2.34. The molecule has 0 bridgehead atoms. The van der Waals surface area contributed by atoms with Gasteiger partial charge in [-0.1, -0.05) is 0 Å². The van der Waals surface area contributed by atoms with Gasteiger partial charge in [0.2, 0.25) is 10.0 Å². The smallest absolute Gasteiger partial charge is 0.254 e. The van der Waals surface area contributed by atoms with Crippen molar-refractivity contribution in [2.24, 2.45) is 11.7 Å². The number of hydrogen-bond acceptors (Lipinski definition) is 5. The second-order valence-electron chi connectivity index (χ2n) is 7.12. The quantitative estimate of drug-likeness (QED) is 0.830. The van der Waals surface area contributed by atoms with E-state index in [0.29, 0.717) is 37.7 Å². The summed E-state index contributed by atoms with van der Waals surface area (Å²) in [5, 5.41) is 0. The minimum atomic E-state index is -3.67. The van der Waals surface area contributed by atoms with E-state index in [-0.39, 0.29) is 22.6 Å². The number of ether oxygens (including phenoxy) is 1.